The van der Waals surface area contributed by atoms with Gasteiger partial charge in [0.15, 0.2) is 0 Å². The average Bonchev–Trinajstić information content (AvgIpc) is 1.85. The van der Waals surface area contributed by atoms with Gasteiger partial charge in [-0.25, -0.2) is 4.39 Å². The first-order valence-electron chi connectivity index (χ1n) is 4.47. The van der Waals surface area contributed by atoms with Gasteiger partial charge >= 0.3 is 0 Å². The normalized spacial score (nSPS) is 34.6. The molecule has 11 heavy (non-hydrogen) atoms. The largest absolute Gasteiger partial charge is 0.298 e. The number of halogens is 1. The molecule has 0 aliphatic carbocycles. The quantitative estimate of drug-likeness (QED) is 0.566. The number of hydrogen-bond acceptors (Lipinski definition) is 1. The van der Waals surface area contributed by atoms with Gasteiger partial charge in [0.1, 0.15) is 6.17 Å². The van der Waals surface area contributed by atoms with Crippen LogP contribution in [0.15, 0.2) is 0 Å². The number of hydrogen-bond donors (Lipinski definition) is 0. The van der Waals surface area contributed by atoms with Crippen molar-refractivity contribution in [2.45, 2.75) is 39.4 Å². The molecule has 2 heteroatoms. The van der Waals surface area contributed by atoms with Gasteiger partial charge < -0.3 is 0 Å². The van der Waals surface area contributed by atoms with Gasteiger partial charge in [0, 0.05) is 19.1 Å². The zero-order chi connectivity index (χ0) is 8.43. The third-order valence-corrected chi connectivity index (χ3v) is 2.37. The summed E-state index contributed by atoms with van der Waals surface area (Å²) >= 11 is 0. The summed E-state index contributed by atoms with van der Waals surface area (Å²) in [6, 6.07) is 0.496. The Kier molecular flexibility index (Phi) is 2.88. The minimum absolute atomic E-state index is 0.496. The first-order valence-corrected chi connectivity index (χ1v) is 4.47. The fourth-order valence-corrected chi connectivity index (χ4v) is 1.74. The molecule has 0 bridgehead atoms. The van der Waals surface area contributed by atoms with Gasteiger partial charge in [-0.2, -0.15) is 0 Å². The molecule has 1 fully saturated rings. The monoisotopic (exact) mass is 159 g/mol. The molecule has 1 saturated heterocycles. The van der Waals surface area contributed by atoms with Gasteiger partial charge in [0.25, 0.3) is 0 Å². The van der Waals surface area contributed by atoms with Gasteiger partial charge in [-0.15, -0.1) is 0 Å². The van der Waals surface area contributed by atoms with E-state index in [0.29, 0.717) is 18.5 Å². The molecule has 2 atom stereocenters. The van der Waals surface area contributed by atoms with Crippen molar-refractivity contribution in [2.24, 2.45) is 5.92 Å². The summed E-state index contributed by atoms with van der Waals surface area (Å²) in [5, 5.41) is 0. The molecule has 0 N–H and O–H groups in total. The van der Waals surface area contributed by atoms with Gasteiger partial charge in [0.05, 0.1) is 0 Å². The lowest BCUT2D eigenvalue weighted by Crippen LogP contribution is -2.44. The molecule has 1 unspecified atom stereocenters. The minimum atomic E-state index is -0.596. The lowest BCUT2D eigenvalue weighted by Gasteiger charge is -2.35. The summed E-state index contributed by atoms with van der Waals surface area (Å²) in [4.78, 5) is 2.22. The van der Waals surface area contributed by atoms with Crippen molar-refractivity contribution in [1.82, 2.24) is 4.90 Å². The third kappa shape index (κ3) is 2.44. The maximum atomic E-state index is 13.0. The predicted octanol–water partition coefficient (Wildman–Crippen LogP) is 2.07. The molecule has 0 aromatic carbocycles. The highest BCUT2D eigenvalue weighted by molar-refractivity contribution is 4.78. The molecule has 0 spiro atoms. The van der Waals surface area contributed by atoms with Crippen LogP contribution >= 0.6 is 0 Å². The minimum Gasteiger partial charge on any atom is -0.298 e. The molecule has 0 aromatic rings. The molecule has 66 valence electrons. The van der Waals surface area contributed by atoms with Crippen molar-refractivity contribution >= 4 is 0 Å². The Morgan fingerprint density at radius 1 is 1.36 bits per heavy atom. The molecule has 1 rings (SSSR count). The zero-order valence-corrected chi connectivity index (χ0v) is 7.68. The molecule has 1 aliphatic heterocycles. The van der Waals surface area contributed by atoms with E-state index in [1.54, 1.807) is 0 Å². The summed E-state index contributed by atoms with van der Waals surface area (Å²) in [7, 11) is 0. The van der Waals surface area contributed by atoms with E-state index in [1.807, 2.05) is 0 Å². The van der Waals surface area contributed by atoms with Crippen LogP contribution in [-0.2, 0) is 0 Å². The second kappa shape index (κ2) is 3.53. The molecule has 0 aromatic heterocycles. The predicted molar refractivity (Wildman–Crippen MR) is 45.4 cm³/mol. The first-order chi connectivity index (χ1) is 5.09. The maximum Gasteiger partial charge on any atom is 0.113 e. The van der Waals surface area contributed by atoms with E-state index in [-0.39, 0.29) is 0 Å². The number of likely N-dealkylation sites (tertiary alicyclic amines) is 1. The second-order valence-corrected chi connectivity index (χ2v) is 3.99. The van der Waals surface area contributed by atoms with Crippen LogP contribution in [0.1, 0.15) is 27.2 Å². The van der Waals surface area contributed by atoms with E-state index in [0.717, 1.165) is 13.0 Å². The highest BCUT2D eigenvalue weighted by atomic mass is 19.1. The van der Waals surface area contributed by atoms with Crippen LogP contribution in [0.2, 0.25) is 0 Å². The Morgan fingerprint density at radius 3 is 2.45 bits per heavy atom. The Hall–Kier alpha value is -0.110. The van der Waals surface area contributed by atoms with Crippen molar-refractivity contribution in [2.75, 3.05) is 13.1 Å². The zero-order valence-electron chi connectivity index (χ0n) is 7.68. The summed E-state index contributed by atoms with van der Waals surface area (Å²) in [5.74, 6) is 0.529. The Bertz CT molecular complexity index is 115. The van der Waals surface area contributed by atoms with Crippen LogP contribution in [-0.4, -0.2) is 30.2 Å². The molecular formula is C9H18FN. The summed E-state index contributed by atoms with van der Waals surface area (Å²) < 4.78 is 13.0. The average molecular weight is 159 g/mol. The Balaban J connectivity index is 2.43. The molecular weight excluding hydrogens is 141 g/mol. The standard InChI is InChI=1S/C9H18FN/c1-7(2)11-5-8(3)4-9(10)6-11/h7-9H,4-6H2,1-3H3/t8-,9?/m0/s1. The van der Waals surface area contributed by atoms with Gasteiger partial charge in [-0.05, 0) is 26.2 Å². The molecule has 0 radical (unpaired) electrons. The van der Waals surface area contributed by atoms with Crippen LogP contribution in [0.25, 0.3) is 0 Å². The fourth-order valence-electron chi connectivity index (χ4n) is 1.74. The second-order valence-electron chi connectivity index (χ2n) is 3.99. The van der Waals surface area contributed by atoms with Crippen molar-refractivity contribution in [1.29, 1.82) is 0 Å². The summed E-state index contributed by atoms with van der Waals surface area (Å²) in [6.45, 7) is 8.09. The smallest absolute Gasteiger partial charge is 0.113 e. The Morgan fingerprint density at radius 2 is 2.00 bits per heavy atom. The summed E-state index contributed by atoms with van der Waals surface area (Å²) in [6.07, 6.45) is 0.157. The fraction of sp³-hybridized carbons (Fsp3) is 1.00. The molecule has 1 nitrogen and oxygen atoms in total. The summed E-state index contributed by atoms with van der Waals surface area (Å²) in [5.41, 5.74) is 0. The van der Waals surface area contributed by atoms with Crippen LogP contribution in [0, 0.1) is 5.92 Å². The topological polar surface area (TPSA) is 3.24 Å². The van der Waals surface area contributed by atoms with E-state index in [9.17, 15) is 4.39 Å². The van der Waals surface area contributed by atoms with E-state index in [2.05, 4.69) is 25.7 Å². The highest BCUT2D eigenvalue weighted by Crippen LogP contribution is 2.19. The number of alkyl halides is 1. The Labute approximate surface area is 68.6 Å². The van der Waals surface area contributed by atoms with Gasteiger partial charge in [-0.3, -0.25) is 4.90 Å². The van der Waals surface area contributed by atoms with Crippen LogP contribution < -0.4 is 0 Å². The lowest BCUT2D eigenvalue weighted by molar-refractivity contribution is 0.0798. The van der Waals surface area contributed by atoms with Crippen LogP contribution in [0.4, 0.5) is 4.39 Å². The first kappa shape index (κ1) is 8.98. The SMILES string of the molecule is CC(C)N1CC(F)C[C@H](C)C1. The van der Waals surface area contributed by atoms with Crippen LogP contribution in [0.5, 0.6) is 0 Å². The van der Waals surface area contributed by atoms with Crippen molar-refractivity contribution < 1.29 is 4.39 Å². The van der Waals surface area contributed by atoms with E-state index in [1.165, 1.54) is 0 Å². The van der Waals surface area contributed by atoms with Gasteiger partial charge in [0.2, 0.25) is 0 Å². The lowest BCUT2D eigenvalue weighted by atomic mass is 9.98. The molecule has 1 heterocycles. The molecule has 0 saturated carbocycles. The van der Waals surface area contributed by atoms with E-state index < -0.39 is 6.17 Å². The van der Waals surface area contributed by atoms with Crippen molar-refractivity contribution in [3.8, 4) is 0 Å². The van der Waals surface area contributed by atoms with Crippen molar-refractivity contribution in [3.05, 3.63) is 0 Å². The number of rotatable bonds is 1. The number of piperidine rings is 1. The highest BCUT2D eigenvalue weighted by Gasteiger charge is 2.25. The van der Waals surface area contributed by atoms with E-state index in [4.69, 9.17) is 0 Å². The molecule has 0 amide bonds. The third-order valence-electron chi connectivity index (χ3n) is 2.37. The molecule has 1 aliphatic rings. The number of nitrogens with zero attached hydrogens (tertiary/aromatic N) is 1. The van der Waals surface area contributed by atoms with Gasteiger partial charge in [-0.1, -0.05) is 6.92 Å². The van der Waals surface area contributed by atoms with E-state index >= 15 is 0 Å². The van der Waals surface area contributed by atoms with Crippen molar-refractivity contribution in [3.63, 3.8) is 0 Å². The maximum absolute atomic E-state index is 13.0. The van der Waals surface area contributed by atoms with Crippen LogP contribution in [0.3, 0.4) is 0 Å².